The third-order valence-electron chi connectivity index (χ3n) is 8.05. The number of carbonyl (C=O) groups is 1. The molecule has 1 amide bonds. The van der Waals surface area contributed by atoms with E-state index in [1.54, 1.807) is 12.3 Å². The molecule has 1 aromatic carbocycles. The van der Waals surface area contributed by atoms with Gasteiger partial charge in [-0.3, -0.25) is 9.69 Å². The van der Waals surface area contributed by atoms with Crippen LogP contribution in [0.25, 0.3) is 0 Å². The van der Waals surface area contributed by atoms with E-state index in [9.17, 15) is 4.79 Å². The van der Waals surface area contributed by atoms with Gasteiger partial charge in [0.15, 0.2) is 5.82 Å². The number of amidine groups is 2. The van der Waals surface area contributed by atoms with Gasteiger partial charge in [-0.15, -0.1) is 0 Å². The van der Waals surface area contributed by atoms with Crippen LogP contribution in [0.1, 0.15) is 50.4 Å². The van der Waals surface area contributed by atoms with Gasteiger partial charge in [0.1, 0.15) is 17.5 Å². The summed E-state index contributed by atoms with van der Waals surface area (Å²) in [5, 5.41) is 6.28. The molecule has 8 heteroatoms. The van der Waals surface area contributed by atoms with Crippen molar-refractivity contribution in [1.82, 2.24) is 14.8 Å². The number of aromatic nitrogens is 1. The van der Waals surface area contributed by atoms with E-state index in [4.69, 9.17) is 9.98 Å². The van der Waals surface area contributed by atoms with Crippen molar-refractivity contribution in [2.75, 3.05) is 43.4 Å². The van der Waals surface area contributed by atoms with Gasteiger partial charge in [0.25, 0.3) is 5.91 Å². The van der Waals surface area contributed by atoms with Crippen molar-refractivity contribution in [2.45, 2.75) is 40.0 Å². The van der Waals surface area contributed by atoms with Gasteiger partial charge < -0.3 is 15.5 Å². The summed E-state index contributed by atoms with van der Waals surface area (Å²) >= 11 is 0. The molecule has 0 radical (unpaired) electrons. The Balaban J connectivity index is 1.19. The van der Waals surface area contributed by atoms with Gasteiger partial charge in [0.05, 0.1) is 5.56 Å². The maximum absolute atomic E-state index is 12.6. The van der Waals surface area contributed by atoms with Gasteiger partial charge in [-0.05, 0) is 61.6 Å². The maximum atomic E-state index is 12.6. The molecule has 224 valence electrons. The van der Waals surface area contributed by atoms with Crippen LogP contribution in [0, 0.1) is 11.8 Å². The second kappa shape index (κ2) is 14.7. The van der Waals surface area contributed by atoms with E-state index in [0.29, 0.717) is 23.1 Å². The van der Waals surface area contributed by atoms with Crippen LogP contribution < -0.4 is 10.6 Å². The van der Waals surface area contributed by atoms with E-state index in [1.165, 1.54) is 5.57 Å². The van der Waals surface area contributed by atoms with E-state index < -0.39 is 0 Å². The average molecular weight is 578 g/mol. The number of piperazine rings is 1. The number of rotatable bonds is 5. The zero-order valence-corrected chi connectivity index (χ0v) is 25.5. The molecule has 2 atom stereocenters. The van der Waals surface area contributed by atoms with Crippen LogP contribution >= 0.6 is 0 Å². The minimum absolute atomic E-state index is 0.193. The van der Waals surface area contributed by atoms with Gasteiger partial charge in [-0.25, -0.2) is 15.0 Å². The minimum Gasteiger partial charge on any atom is -0.357 e. The van der Waals surface area contributed by atoms with E-state index >= 15 is 0 Å². The minimum atomic E-state index is -0.193. The first kappa shape index (κ1) is 30.2. The molecule has 2 aromatic rings. The van der Waals surface area contributed by atoms with Gasteiger partial charge in [0, 0.05) is 56.9 Å². The van der Waals surface area contributed by atoms with Gasteiger partial charge in [-0.1, -0.05) is 62.4 Å². The molecule has 2 aliphatic heterocycles. The van der Waals surface area contributed by atoms with Crippen molar-refractivity contribution in [3.8, 4) is 0 Å². The van der Waals surface area contributed by atoms with Crippen molar-refractivity contribution in [1.29, 1.82) is 0 Å². The molecule has 2 unspecified atom stereocenters. The first-order chi connectivity index (χ1) is 21.0. The molecule has 43 heavy (non-hydrogen) atoms. The molecular weight excluding hydrogens is 534 g/mol. The number of nitrogens with one attached hydrogen (secondary N) is 2. The molecular formula is C35H43N7O. The van der Waals surface area contributed by atoms with Crippen LogP contribution in [0.4, 0.5) is 11.5 Å². The molecule has 3 heterocycles. The molecule has 0 spiro atoms. The number of para-hydroxylation sites is 1. The van der Waals surface area contributed by atoms with Gasteiger partial charge in [0.2, 0.25) is 0 Å². The van der Waals surface area contributed by atoms with Crippen LogP contribution in [0.5, 0.6) is 0 Å². The van der Waals surface area contributed by atoms with Crippen LogP contribution in [0.3, 0.4) is 0 Å². The summed E-state index contributed by atoms with van der Waals surface area (Å²) < 4.78 is 0. The fourth-order valence-electron chi connectivity index (χ4n) is 5.36. The van der Waals surface area contributed by atoms with Gasteiger partial charge in [-0.2, -0.15) is 0 Å². The highest BCUT2D eigenvalue weighted by Gasteiger charge is 2.24. The summed E-state index contributed by atoms with van der Waals surface area (Å²) in [6.45, 7) is 11.4. The molecule has 3 aliphatic rings. The Kier molecular flexibility index (Phi) is 10.3. The normalized spacial score (nSPS) is 22.4. The lowest BCUT2D eigenvalue weighted by molar-refractivity contribution is 0.102. The van der Waals surface area contributed by atoms with Crippen LogP contribution in [-0.4, -0.2) is 65.1 Å². The molecule has 1 aromatic heterocycles. The van der Waals surface area contributed by atoms with Crippen molar-refractivity contribution in [3.05, 3.63) is 102 Å². The molecule has 1 fully saturated rings. The number of nitrogens with zero attached hydrogens (tertiary/aromatic N) is 5. The van der Waals surface area contributed by atoms with Crippen LogP contribution in [0.15, 0.2) is 106 Å². The number of carbonyl (C=O) groups excluding carboxylic acids is 1. The highest BCUT2D eigenvalue weighted by atomic mass is 16.1. The van der Waals surface area contributed by atoms with E-state index in [-0.39, 0.29) is 11.8 Å². The first-order valence-electron chi connectivity index (χ1n) is 15.4. The lowest BCUT2D eigenvalue weighted by Gasteiger charge is -2.37. The molecule has 0 bridgehead atoms. The Labute approximate surface area is 255 Å². The topological polar surface area (TPSA) is 85.2 Å². The summed E-state index contributed by atoms with van der Waals surface area (Å²) in [4.78, 5) is 32.0. The van der Waals surface area contributed by atoms with Crippen LogP contribution in [0.2, 0.25) is 0 Å². The van der Waals surface area contributed by atoms with E-state index in [0.717, 1.165) is 69.3 Å². The standard InChI is InChI=1S/C35H43N7O/c1-4-31-38-33(42-22-20-41(21-23-42)25-28-12-8-10-26(2)11-9-13-28)19-16-27(3)34(39-31)40-32-18-17-29(24-36-32)35(43)37-30-14-6-5-7-15-30/h4-10,12-15,17-18,24,26-27H,11,16,19-23,25H2,1-3H3,(H,37,43)(H,36,39,40)/b10-8?,13-9?,28-12?,31-4+,38-33?. The zero-order valence-electron chi connectivity index (χ0n) is 25.5. The summed E-state index contributed by atoms with van der Waals surface area (Å²) in [6, 6.07) is 13.0. The summed E-state index contributed by atoms with van der Waals surface area (Å²) in [7, 11) is 0. The Bertz CT molecular complexity index is 1430. The van der Waals surface area contributed by atoms with E-state index in [1.807, 2.05) is 49.4 Å². The largest absolute Gasteiger partial charge is 0.357 e. The zero-order chi connectivity index (χ0) is 30.0. The molecule has 0 saturated carbocycles. The first-order valence-corrected chi connectivity index (χ1v) is 15.4. The number of amides is 1. The second-order valence-electron chi connectivity index (χ2n) is 11.5. The number of aliphatic imine (C=N–C) groups is 2. The number of pyridine rings is 1. The lowest BCUT2D eigenvalue weighted by Crippen LogP contribution is -2.49. The fourth-order valence-corrected chi connectivity index (χ4v) is 5.36. The monoisotopic (exact) mass is 577 g/mol. The Hall–Kier alpha value is -4.30. The predicted molar refractivity (Wildman–Crippen MR) is 177 cm³/mol. The predicted octanol–water partition coefficient (Wildman–Crippen LogP) is 6.53. The van der Waals surface area contributed by atoms with Crippen molar-refractivity contribution in [3.63, 3.8) is 0 Å². The maximum Gasteiger partial charge on any atom is 0.257 e. The third kappa shape index (κ3) is 8.61. The number of anilines is 2. The number of hydrogen-bond acceptors (Lipinski definition) is 7. The number of benzene rings is 1. The summed E-state index contributed by atoms with van der Waals surface area (Å²) in [6.07, 6.45) is 17.8. The molecule has 8 nitrogen and oxygen atoms in total. The second-order valence-corrected chi connectivity index (χ2v) is 11.5. The average Bonchev–Trinajstić information content (AvgIpc) is 3.01. The molecule has 2 N–H and O–H groups in total. The quantitative estimate of drug-likeness (QED) is 0.422. The highest BCUT2D eigenvalue weighted by molar-refractivity contribution is 6.04. The lowest BCUT2D eigenvalue weighted by atomic mass is 10.0. The van der Waals surface area contributed by atoms with Crippen molar-refractivity contribution < 1.29 is 4.79 Å². The number of allylic oxidation sites excluding steroid dienone is 5. The fraction of sp³-hybridized carbons (Fsp3) is 0.371. The van der Waals surface area contributed by atoms with Crippen molar-refractivity contribution >= 4 is 29.1 Å². The smallest absolute Gasteiger partial charge is 0.257 e. The Morgan fingerprint density at radius 3 is 2.60 bits per heavy atom. The summed E-state index contributed by atoms with van der Waals surface area (Å²) in [5.41, 5.74) is 2.62. The highest BCUT2D eigenvalue weighted by Crippen LogP contribution is 2.21. The Morgan fingerprint density at radius 1 is 1.05 bits per heavy atom. The summed E-state index contributed by atoms with van der Waals surface area (Å²) in [5.74, 6) is 3.91. The molecule has 1 saturated heterocycles. The van der Waals surface area contributed by atoms with E-state index in [2.05, 4.69) is 69.6 Å². The third-order valence-corrected chi connectivity index (χ3v) is 8.05. The SMILES string of the molecule is C/C=C1/N=C(Nc2ccc(C(=O)Nc3ccccc3)cn2)C(C)CCC(N2CCN(CC3=CC=CC(C)CC=C3)CC2)=N1. The molecule has 5 rings (SSSR count). The van der Waals surface area contributed by atoms with Crippen LogP contribution in [-0.2, 0) is 0 Å². The number of hydrogen-bond donors (Lipinski definition) is 2. The Morgan fingerprint density at radius 2 is 1.86 bits per heavy atom. The van der Waals surface area contributed by atoms with Crippen molar-refractivity contribution in [2.24, 2.45) is 21.8 Å². The van der Waals surface area contributed by atoms with Gasteiger partial charge >= 0.3 is 0 Å². The molecule has 1 aliphatic carbocycles.